The van der Waals surface area contributed by atoms with Crippen molar-refractivity contribution in [2.24, 2.45) is 0 Å². The van der Waals surface area contributed by atoms with Crippen LogP contribution < -0.4 is 5.32 Å². The molecule has 3 rings (SSSR count). The molecule has 7 heteroatoms. The van der Waals surface area contributed by atoms with Crippen molar-refractivity contribution in [3.8, 4) is 11.3 Å². The van der Waals surface area contributed by atoms with Crippen LogP contribution in [0, 0.1) is 12.7 Å². The van der Waals surface area contributed by atoms with Crippen LogP contribution in [0.2, 0.25) is 0 Å². The van der Waals surface area contributed by atoms with E-state index >= 15 is 0 Å². The van der Waals surface area contributed by atoms with E-state index in [-0.39, 0.29) is 24.3 Å². The molecule has 0 fully saturated rings. The maximum absolute atomic E-state index is 12.9. The van der Waals surface area contributed by atoms with Crippen LogP contribution in [0.1, 0.15) is 24.6 Å². The maximum atomic E-state index is 12.9. The van der Waals surface area contributed by atoms with Gasteiger partial charge in [0.05, 0.1) is 6.54 Å². The molecular formula is C17H17FN4O2. The van der Waals surface area contributed by atoms with Crippen LogP contribution in [-0.2, 0) is 11.3 Å². The number of halogens is 1. The average Bonchev–Trinajstić information content (AvgIpc) is 3.21. The molecule has 2 aromatic heterocycles. The van der Waals surface area contributed by atoms with Crippen molar-refractivity contribution >= 4 is 5.91 Å². The van der Waals surface area contributed by atoms with Crippen LogP contribution in [0.25, 0.3) is 11.3 Å². The molecule has 124 valence electrons. The van der Waals surface area contributed by atoms with Gasteiger partial charge in [-0.05, 0) is 38.1 Å². The Kier molecular flexibility index (Phi) is 4.41. The first-order valence-electron chi connectivity index (χ1n) is 7.53. The predicted molar refractivity (Wildman–Crippen MR) is 85.4 cm³/mol. The summed E-state index contributed by atoms with van der Waals surface area (Å²) in [4.78, 5) is 16.3. The summed E-state index contributed by atoms with van der Waals surface area (Å²) in [6.45, 7) is 3.87. The highest BCUT2D eigenvalue weighted by Crippen LogP contribution is 2.19. The second kappa shape index (κ2) is 6.66. The second-order valence-corrected chi connectivity index (χ2v) is 5.46. The standard InChI is InChI=1S/C17H17FN4O2/c1-11(22-8-7-19-12(22)2)17(23)20-10-15-9-16(21-24-15)13-3-5-14(18)6-4-13/h3-9,11H,10H2,1-2H3,(H,20,23)/t11-/m1/s1. The van der Waals surface area contributed by atoms with Crippen molar-refractivity contribution in [2.75, 3.05) is 0 Å². The van der Waals surface area contributed by atoms with Gasteiger partial charge in [-0.15, -0.1) is 0 Å². The second-order valence-electron chi connectivity index (χ2n) is 5.46. The van der Waals surface area contributed by atoms with Crippen molar-refractivity contribution in [1.29, 1.82) is 0 Å². The number of nitrogens with one attached hydrogen (secondary N) is 1. The molecule has 0 aliphatic carbocycles. The summed E-state index contributed by atoms with van der Waals surface area (Å²) in [6.07, 6.45) is 3.42. The van der Waals surface area contributed by atoms with Crippen LogP contribution in [-0.4, -0.2) is 20.6 Å². The fourth-order valence-electron chi connectivity index (χ4n) is 2.40. The third-order valence-electron chi connectivity index (χ3n) is 3.79. The first-order valence-corrected chi connectivity index (χ1v) is 7.53. The van der Waals surface area contributed by atoms with Crippen molar-refractivity contribution in [3.05, 3.63) is 60.1 Å². The molecule has 24 heavy (non-hydrogen) atoms. The Morgan fingerprint density at radius 1 is 1.38 bits per heavy atom. The maximum Gasteiger partial charge on any atom is 0.243 e. The zero-order valence-electron chi connectivity index (χ0n) is 13.4. The number of carbonyl (C=O) groups excluding carboxylic acids is 1. The molecule has 2 heterocycles. The molecule has 0 radical (unpaired) electrons. The van der Waals surface area contributed by atoms with E-state index in [9.17, 15) is 9.18 Å². The Bertz CT molecular complexity index is 838. The normalized spacial score (nSPS) is 12.1. The van der Waals surface area contributed by atoms with Gasteiger partial charge < -0.3 is 14.4 Å². The highest BCUT2D eigenvalue weighted by Gasteiger charge is 2.16. The third-order valence-corrected chi connectivity index (χ3v) is 3.79. The van der Waals surface area contributed by atoms with Gasteiger partial charge in [0.1, 0.15) is 23.4 Å². The molecule has 0 spiro atoms. The predicted octanol–water partition coefficient (Wildman–Crippen LogP) is 2.86. The fourth-order valence-corrected chi connectivity index (χ4v) is 2.40. The Morgan fingerprint density at radius 2 is 2.12 bits per heavy atom. The molecule has 0 saturated heterocycles. The molecule has 3 aromatic rings. The van der Waals surface area contributed by atoms with Gasteiger partial charge >= 0.3 is 0 Å². The van der Waals surface area contributed by atoms with E-state index in [0.29, 0.717) is 11.5 Å². The van der Waals surface area contributed by atoms with Crippen molar-refractivity contribution in [1.82, 2.24) is 20.0 Å². The Hall–Kier alpha value is -2.96. The molecule has 0 saturated carbocycles. The number of hydrogen-bond donors (Lipinski definition) is 1. The molecule has 1 aromatic carbocycles. The van der Waals surface area contributed by atoms with E-state index in [0.717, 1.165) is 11.4 Å². The first-order chi connectivity index (χ1) is 11.5. The van der Waals surface area contributed by atoms with Crippen LogP contribution in [0.15, 0.2) is 47.2 Å². The van der Waals surface area contributed by atoms with Gasteiger partial charge in [-0.1, -0.05) is 5.16 Å². The molecule has 0 aliphatic heterocycles. The molecular weight excluding hydrogens is 311 g/mol. The SMILES string of the molecule is Cc1nccn1[C@H](C)C(=O)NCc1cc(-c2ccc(F)cc2)no1. The average molecular weight is 328 g/mol. The lowest BCUT2D eigenvalue weighted by Crippen LogP contribution is -2.30. The zero-order valence-corrected chi connectivity index (χ0v) is 13.4. The molecule has 1 amide bonds. The van der Waals surface area contributed by atoms with Crippen LogP contribution in [0.3, 0.4) is 0 Å². The third kappa shape index (κ3) is 3.34. The number of aromatic nitrogens is 3. The smallest absolute Gasteiger partial charge is 0.243 e. The van der Waals surface area contributed by atoms with Crippen molar-refractivity contribution in [3.63, 3.8) is 0 Å². The minimum atomic E-state index is -0.369. The molecule has 0 unspecified atom stereocenters. The van der Waals surface area contributed by atoms with Crippen LogP contribution >= 0.6 is 0 Å². The number of nitrogens with zero attached hydrogens (tertiary/aromatic N) is 3. The summed E-state index contributed by atoms with van der Waals surface area (Å²) in [5, 5.41) is 6.75. The lowest BCUT2D eigenvalue weighted by molar-refractivity contribution is -0.124. The van der Waals surface area contributed by atoms with Crippen molar-refractivity contribution < 1.29 is 13.7 Å². The van der Waals surface area contributed by atoms with E-state index < -0.39 is 0 Å². The summed E-state index contributed by atoms with van der Waals surface area (Å²) in [7, 11) is 0. The number of rotatable bonds is 5. The number of aryl methyl sites for hydroxylation is 1. The van der Waals surface area contributed by atoms with Crippen molar-refractivity contribution in [2.45, 2.75) is 26.4 Å². The number of amides is 1. The minimum absolute atomic E-state index is 0.143. The minimum Gasteiger partial charge on any atom is -0.359 e. The van der Waals surface area contributed by atoms with E-state index in [1.165, 1.54) is 12.1 Å². The number of imidazole rings is 1. The Balaban J connectivity index is 1.62. The highest BCUT2D eigenvalue weighted by atomic mass is 19.1. The lowest BCUT2D eigenvalue weighted by atomic mass is 10.1. The quantitative estimate of drug-likeness (QED) is 0.781. The molecule has 0 aliphatic rings. The molecule has 6 nitrogen and oxygen atoms in total. The van der Waals surface area contributed by atoms with E-state index in [2.05, 4.69) is 15.5 Å². The summed E-state index contributed by atoms with van der Waals surface area (Å²) in [5.74, 6) is 0.850. The molecule has 1 atom stereocenters. The van der Waals surface area contributed by atoms with Gasteiger partial charge in [-0.3, -0.25) is 4.79 Å². The van der Waals surface area contributed by atoms with E-state index in [1.54, 1.807) is 42.1 Å². The summed E-state index contributed by atoms with van der Waals surface area (Å²) in [6, 6.07) is 7.33. The number of hydrogen-bond acceptors (Lipinski definition) is 4. The van der Waals surface area contributed by atoms with E-state index in [4.69, 9.17) is 4.52 Å². The topological polar surface area (TPSA) is 73.0 Å². The summed E-state index contributed by atoms with van der Waals surface area (Å²) < 4.78 is 19.9. The zero-order chi connectivity index (χ0) is 17.1. The van der Waals surface area contributed by atoms with Gasteiger partial charge in [0.15, 0.2) is 5.76 Å². The van der Waals surface area contributed by atoms with Crippen LogP contribution in [0.4, 0.5) is 4.39 Å². The van der Waals surface area contributed by atoms with Crippen LogP contribution in [0.5, 0.6) is 0 Å². The molecule has 1 N–H and O–H groups in total. The summed E-state index contributed by atoms with van der Waals surface area (Å²) in [5.41, 5.74) is 1.35. The fraction of sp³-hybridized carbons (Fsp3) is 0.235. The Morgan fingerprint density at radius 3 is 2.79 bits per heavy atom. The van der Waals surface area contributed by atoms with Gasteiger partial charge in [0.2, 0.25) is 5.91 Å². The summed E-state index contributed by atoms with van der Waals surface area (Å²) >= 11 is 0. The highest BCUT2D eigenvalue weighted by molar-refractivity contribution is 5.79. The van der Waals surface area contributed by atoms with Gasteiger partial charge in [0.25, 0.3) is 0 Å². The number of carbonyl (C=O) groups is 1. The first kappa shape index (κ1) is 15.9. The monoisotopic (exact) mass is 328 g/mol. The Labute approximate surface area is 138 Å². The number of benzene rings is 1. The largest absolute Gasteiger partial charge is 0.359 e. The lowest BCUT2D eigenvalue weighted by Gasteiger charge is -2.14. The molecule has 0 bridgehead atoms. The van der Waals surface area contributed by atoms with Gasteiger partial charge in [-0.2, -0.15) is 0 Å². The van der Waals surface area contributed by atoms with Gasteiger partial charge in [0, 0.05) is 24.0 Å². The van der Waals surface area contributed by atoms with E-state index in [1.807, 2.05) is 6.92 Å². The van der Waals surface area contributed by atoms with Gasteiger partial charge in [-0.25, -0.2) is 9.37 Å².